The Morgan fingerprint density at radius 3 is 2.69 bits per heavy atom. The van der Waals surface area contributed by atoms with Gasteiger partial charge in [0.05, 0.1) is 0 Å². The van der Waals surface area contributed by atoms with Gasteiger partial charge in [0.2, 0.25) is 5.95 Å². The molecule has 1 saturated heterocycles. The molecule has 5 heteroatoms. The number of hydrogen-bond acceptors (Lipinski definition) is 4. The quantitative estimate of drug-likeness (QED) is 0.811. The lowest BCUT2D eigenvalue weighted by Crippen LogP contribution is -2.52. The third kappa shape index (κ3) is 1.76. The Morgan fingerprint density at radius 2 is 2.23 bits per heavy atom. The summed E-state index contributed by atoms with van der Waals surface area (Å²) >= 11 is 2.20. The zero-order valence-electron chi connectivity index (χ0n) is 7.15. The Kier molecular flexibility index (Phi) is 2.63. The number of nitrogens with zero attached hydrogens (tertiary/aromatic N) is 3. The number of rotatable bonds is 2. The molecule has 1 aromatic heterocycles. The molecule has 2 heterocycles. The first kappa shape index (κ1) is 9.14. The largest absolute Gasteiger partial charge is 0.336 e. The monoisotopic (exact) mass is 290 g/mol. The molecule has 0 aromatic carbocycles. The van der Waals surface area contributed by atoms with E-state index in [4.69, 9.17) is 5.73 Å². The molecule has 1 atom stereocenters. The average molecular weight is 290 g/mol. The van der Waals surface area contributed by atoms with Crippen molar-refractivity contribution in [1.82, 2.24) is 9.97 Å². The third-order valence-electron chi connectivity index (χ3n) is 2.28. The summed E-state index contributed by atoms with van der Waals surface area (Å²) in [6.07, 6.45) is 4.81. The molecule has 0 radical (unpaired) electrons. The topological polar surface area (TPSA) is 55.0 Å². The number of nitrogens with two attached hydrogens (primary N) is 1. The highest BCUT2D eigenvalue weighted by Crippen LogP contribution is 2.21. The van der Waals surface area contributed by atoms with Crippen LogP contribution in [0, 0.1) is 3.57 Å². The van der Waals surface area contributed by atoms with Gasteiger partial charge in [0.15, 0.2) is 0 Å². The van der Waals surface area contributed by atoms with E-state index in [1.807, 2.05) is 12.4 Å². The van der Waals surface area contributed by atoms with Gasteiger partial charge in [-0.05, 0) is 29.0 Å². The highest BCUT2D eigenvalue weighted by atomic mass is 127. The van der Waals surface area contributed by atoms with Crippen molar-refractivity contribution in [2.75, 3.05) is 18.0 Å². The molecular weight excluding hydrogens is 279 g/mol. The average Bonchev–Trinajstić information content (AvgIpc) is 2.08. The van der Waals surface area contributed by atoms with E-state index in [9.17, 15) is 0 Å². The SMILES string of the molecule is NCC1CCN1c1ncc(I)cn1. The molecule has 1 aliphatic rings. The number of halogens is 1. The maximum absolute atomic E-state index is 5.59. The van der Waals surface area contributed by atoms with E-state index in [-0.39, 0.29) is 0 Å². The van der Waals surface area contributed by atoms with E-state index in [0.29, 0.717) is 12.6 Å². The van der Waals surface area contributed by atoms with E-state index in [1.54, 1.807) is 0 Å². The first-order valence-electron chi connectivity index (χ1n) is 4.25. The molecule has 1 unspecified atom stereocenters. The minimum absolute atomic E-state index is 0.445. The van der Waals surface area contributed by atoms with E-state index in [1.165, 1.54) is 0 Å². The zero-order valence-corrected chi connectivity index (χ0v) is 9.31. The summed E-state index contributed by atoms with van der Waals surface area (Å²) in [6.45, 7) is 1.72. The van der Waals surface area contributed by atoms with Crippen molar-refractivity contribution >= 4 is 28.5 Å². The van der Waals surface area contributed by atoms with E-state index in [2.05, 4.69) is 37.5 Å². The molecule has 4 nitrogen and oxygen atoms in total. The molecule has 0 aliphatic carbocycles. The Labute approximate surface area is 90.7 Å². The Morgan fingerprint density at radius 1 is 1.54 bits per heavy atom. The van der Waals surface area contributed by atoms with Crippen molar-refractivity contribution in [3.63, 3.8) is 0 Å². The van der Waals surface area contributed by atoms with Crippen LogP contribution in [0.25, 0.3) is 0 Å². The summed E-state index contributed by atoms with van der Waals surface area (Å²) in [5, 5.41) is 0. The maximum atomic E-state index is 5.59. The lowest BCUT2D eigenvalue weighted by molar-refractivity contribution is 0.447. The molecule has 1 aliphatic heterocycles. The van der Waals surface area contributed by atoms with Gasteiger partial charge >= 0.3 is 0 Å². The number of anilines is 1. The highest BCUT2D eigenvalue weighted by molar-refractivity contribution is 14.1. The molecule has 2 rings (SSSR count). The van der Waals surface area contributed by atoms with Crippen LogP contribution < -0.4 is 10.6 Å². The molecule has 1 aromatic rings. The van der Waals surface area contributed by atoms with Crippen LogP contribution in [0.3, 0.4) is 0 Å². The van der Waals surface area contributed by atoms with Crippen LogP contribution in [0.5, 0.6) is 0 Å². The van der Waals surface area contributed by atoms with Gasteiger partial charge < -0.3 is 10.6 Å². The van der Waals surface area contributed by atoms with Gasteiger partial charge in [-0.15, -0.1) is 0 Å². The Bertz CT molecular complexity index is 285. The van der Waals surface area contributed by atoms with Gasteiger partial charge in [-0.2, -0.15) is 0 Å². The normalized spacial score (nSPS) is 21.4. The van der Waals surface area contributed by atoms with Gasteiger partial charge in [-0.1, -0.05) is 0 Å². The van der Waals surface area contributed by atoms with Gasteiger partial charge in [0, 0.05) is 35.1 Å². The molecule has 0 amide bonds. The molecule has 0 saturated carbocycles. The van der Waals surface area contributed by atoms with E-state index < -0.39 is 0 Å². The fourth-order valence-electron chi connectivity index (χ4n) is 1.40. The third-order valence-corrected chi connectivity index (χ3v) is 2.84. The van der Waals surface area contributed by atoms with Gasteiger partial charge in [-0.3, -0.25) is 0 Å². The predicted octanol–water partition coefficient (Wildman–Crippen LogP) is 0.619. The van der Waals surface area contributed by atoms with Crippen LogP contribution in [0.15, 0.2) is 12.4 Å². The van der Waals surface area contributed by atoms with E-state index in [0.717, 1.165) is 22.5 Å². The van der Waals surface area contributed by atoms with Gasteiger partial charge in [0.25, 0.3) is 0 Å². The van der Waals surface area contributed by atoms with Crippen molar-refractivity contribution in [1.29, 1.82) is 0 Å². The Hall–Kier alpha value is -0.430. The first-order valence-corrected chi connectivity index (χ1v) is 5.33. The van der Waals surface area contributed by atoms with Crippen LogP contribution in [0.1, 0.15) is 6.42 Å². The van der Waals surface area contributed by atoms with Crippen LogP contribution >= 0.6 is 22.6 Å². The lowest BCUT2D eigenvalue weighted by Gasteiger charge is -2.40. The molecule has 0 bridgehead atoms. The van der Waals surface area contributed by atoms with Crippen molar-refractivity contribution < 1.29 is 0 Å². The fourth-order valence-corrected chi connectivity index (χ4v) is 1.68. The second-order valence-corrected chi connectivity index (χ2v) is 4.32. The van der Waals surface area contributed by atoms with Crippen molar-refractivity contribution in [2.24, 2.45) is 5.73 Å². The molecular formula is C8H11IN4. The second kappa shape index (κ2) is 3.75. The second-order valence-electron chi connectivity index (χ2n) is 3.07. The van der Waals surface area contributed by atoms with Crippen LogP contribution in [0.4, 0.5) is 5.95 Å². The van der Waals surface area contributed by atoms with Crippen molar-refractivity contribution in [2.45, 2.75) is 12.5 Å². The predicted molar refractivity (Wildman–Crippen MR) is 59.6 cm³/mol. The molecule has 0 spiro atoms. The summed E-state index contributed by atoms with van der Waals surface area (Å²) in [5.41, 5.74) is 5.59. The molecule has 2 N–H and O–H groups in total. The molecule has 1 fully saturated rings. The molecule has 13 heavy (non-hydrogen) atoms. The Balaban J connectivity index is 2.12. The molecule has 70 valence electrons. The van der Waals surface area contributed by atoms with Gasteiger partial charge in [0.1, 0.15) is 0 Å². The summed E-state index contributed by atoms with van der Waals surface area (Å²) in [5.74, 6) is 0.808. The lowest BCUT2D eigenvalue weighted by atomic mass is 10.0. The van der Waals surface area contributed by atoms with Crippen molar-refractivity contribution in [3.8, 4) is 0 Å². The van der Waals surface area contributed by atoms with Gasteiger partial charge in [-0.25, -0.2) is 9.97 Å². The minimum atomic E-state index is 0.445. The fraction of sp³-hybridized carbons (Fsp3) is 0.500. The number of aromatic nitrogens is 2. The maximum Gasteiger partial charge on any atom is 0.225 e. The summed E-state index contributed by atoms with van der Waals surface area (Å²) < 4.78 is 1.06. The number of hydrogen-bond donors (Lipinski definition) is 1. The van der Waals surface area contributed by atoms with Crippen molar-refractivity contribution in [3.05, 3.63) is 16.0 Å². The standard InChI is InChI=1S/C8H11IN4/c9-6-4-11-8(12-5-6)13-2-1-7(13)3-10/h4-5,7H,1-3,10H2. The van der Waals surface area contributed by atoms with Crippen LogP contribution in [0.2, 0.25) is 0 Å². The smallest absolute Gasteiger partial charge is 0.225 e. The summed E-state index contributed by atoms with van der Waals surface area (Å²) in [7, 11) is 0. The van der Waals surface area contributed by atoms with E-state index >= 15 is 0 Å². The summed E-state index contributed by atoms with van der Waals surface area (Å²) in [4.78, 5) is 10.6. The van der Waals surface area contributed by atoms with Crippen LogP contribution in [-0.4, -0.2) is 29.1 Å². The zero-order chi connectivity index (χ0) is 9.26. The summed E-state index contributed by atoms with van der Waals surface area (Å²) in [6, 6.07) is 0.445. The van der Waals surface area contributed by atoms with Crippen LogP contribution in [-0.2, 0) is 0 Å². The minimum Gasteiger partial charge on any atom is -0.336 e. The highest BCUT2D eigenvalue weighted by Gasteiger charge is 2.28. The first-order chi connectivity index (χ1) is 6.31.